The third kappa shape index (κ3) is 4.07. The largest absolute Gasteiger partial charge is 0.386 e. The first-order valence-corrected chi connectivity index (χ1v) is 5.98. The average Bonchev–Trinajstić information content (AvgIpc) is 2.61. The van der Waals surface area contributed by atoms with E-state index in [1.165, 1.54) is 11.3 Å². The van der Waals surface area contributed by atoms with Crippen molar-refractivity contribution in [3.8, 4) is 0 Å². The molecular formula is C10H16ClNO2S. The van der Waals surface area contributed by atoms with Gasteiger partial charge >= 0.3 is 0 Å². The molecule has 0 aliphatic heterocycles. The minimum absolute atomic E-state index is 0.206. The summed E-state index contributed by atoms with van der Waals surface area (Å²) < 4.78 is 5.88. The van der Waals surface area contributed by atoms with E-state index in [-0.39, 0.29) is 5.60 Å². The van der Waals surface area contributed by atoms with E-state index in [4.69, 9.17) is 16.3 Å². The molecule has 1 aromatic rings. The molecule has 1 heterocycles. The second-order valence-electron chi connectivity index (χ2n) is 4.02. The Labute approximate surface area is 99.1 Å². The molecule has 15 heavy (non-hydrogen) atoms. The van der Waals surface area contributed by atoms with Crippen LogP contribution in [0.15, 0.2) is 6.20 Å². The Balaban J connectivity index is 2.46. The van der Waals surface area contributed by atoms with E-state index in [0.29, 0.717) is 15.8 Å². The number of ether oxygens (including phenoxy) is 1. The number of halogens is 1. The zero-order valence-corrected chi connectivity index (χ0v) is 10.7. The van der Waals surface area contributed by atoms with E-state index in [2.05, 4.69) is 4.98 Å². The van der Waals surface area contributed by atoms with Gasteiger partial charge in [0.25, 0.3) is 0 Å². The van der Waals surface area contributed by atoms with Crippen molar-refractivity contribution in [3.63, 3.8) is 0 Å². The Morgan fingerprint density at radius 1 is 1.67 bits per heavy atom. The number of aliphatic hydroxyl groups is 1. The van der Waals surface area contributed by atoms with Gasteiger partial charge in [-0.25, -0.2) is 4.98 Å². The van der Waals surface area contributed by atoms with Crippen molar-refractivity contribution in [3.05, 3.63) is 15.5 Å². The van der Waals surface area contributed by atoms with Crippen molar-refractivity contribution in [1.29, 1.82) is 0 Å². The van der Waals surface area contributed by atoms with Crippen LogP contribution in [0.3, 0.4) is 0 Å². The van der Waals surface area contributed by atoms with Crippen molar-refractivity contribution in [2.45, 2.75) is 38.4 Å². The Bertz CT molecular complexity index is 314. The zero-order valence-electron chi connectivity index (χ0n) is 9.16. The number of hydrogen-bond donors (Lipinski definition) is 1. The molecule has 0 amide bonds. The summed E-state index contributed by atoms with van der Waals surface area (Å²) in [5.41, 5.74) is -0.206. The fraction of sp³-hybridized carbons (Fsp3) is 0.700. The number of rotatable bonds is 5. The van der Waals surface area contributed by atoms with E-state index >= 15 is 0 Å². The van der Waals surface area contributed by atoms with Gasteiger partial charge in [-0.1, -0.05) is 11.6 Å². The first-order valence-electron chi connectivity index (χ1n) is 4.79. The Hall–Kier alpha value is -0.160. The van der Waals surface area contributed by atoms with Crippen molar-refractivity contribution in [2.24, 2.45) is 0 Å². The SMILES string of the molecule is COC(C)(C)CCC(O)c1ncc(Cl)s1. The van der Waals surface area contributed by atoms with E-state index in [0.717, 1.165) is 6.42 Å². The van der Waals surface area contributed by atoms with E-state index < -0.39 is 6.10 Å². The molecule has 1 aromatic heterocycles. The van der Waals surface area contributed by atoms with Crippen LogP contribution >= 0.6 is 22.9 Å². The fourth-order valence-electron chi connectivity index (χ4n) is 1.13. The molecule has 0 aliphatic carbocycles. The van der Waals surface area contributed by atoms with Crippen LogP contribution in [0.2, 0.25) is 4.34 Å². The number of thiazole rings is 1. The van der Waals surface area contributed by atoms with Gasteiger partial charge in [0.1, 0.15) is 15.4 Å². The molecular weight excluding hydrogens is 234 g/mol. The molecule has 1 atom stereocenters. The van der Waals surface area contributed by atoms with Crippen LogP contribution in [0.5, 0.6) is 0 Å². The summed E-state index contributed by atoms with van der Waals surface area (Å²) in [6.45, 7) is 3.99. The van der Waals surface area contributed by atoms with E-state index in [1.54, 1.807) is 13.3 Å². The van der Waals surface area contributed by atoms with Crippen LogP contribution < -0.4 is 0 Å². The second-order valence-corrected chi connectivity index (χ2v) is 5.71. The first kappa shape index (κ1) is 12.9. The summed E-state index contributed by atoms with van der Waals surface area (Å²) >= 11 is 7.06. The van der Waals surface area contributed by atoms with E-state index in [9.17, 15) is 5.11 Å². The van der Waals surface area contributed by atoms with Crippen molar-refractivity contribution in [2.75, 3.05) is 7.11 Å². The molecule has 1 unspecified atom stereocenters. The van der Waals surface area contributed by atoms with Gasteiger partial charge in [0.15, 0.2) is 0 Å². The lowest BCUT2D eigenvalue weighted by Crippen LogP contribution is -2.23. The van der Waals surface area contributed by atoms with Gasteiger partial charge in [-0.05, 0) is 26.7 Å². The molecule has 0 saturated carbocycles. The van der Waals surface area contributed by atoms with Gasteiger partial charge < -0.3 is 9.84 Å². The predicted octanol–water partition coefficient (Wildman–Crippen LogP) is 3.04. The topological polar surface area (TPSA) is 42.4 Å². The Morgan fingerprint density at radius 2 is 2.33 bits per heavy atom. The highest BCUT2D eigenvalue weighted by molar-refractivity contribution is 7.15. The number of nitrogens with zero attached hydrogens (tertiary/aromatic N) is 1. The van der Waals surface area contributed by atoms with Crippen molar-refractivity contribution < 1.29 is 9.84 Å². The lowest BCUT2D eigenvalue weighted by Gasteiger charge is -2.23. The average molecular weight is 250 g/mol. The number of aliphatic hydroxyl groups excluding tert-OH is 1. The van der Waals surface area contributed by atoms with Crippen LogP contribution in [0.1, 0.15) is 37.8 Å². The normalized spacial score (nSPS) is 14.2. The highest BCUT2D eigenvalue weighted by Gasteiger charge is 2.20. The van der Waals surface area contributed by atoms with Gasteiger partial charge in [0.05, 0.1) is 11.8 Å². The zero-order chi connectivity index (χ0) is 11.5. The van der Waals surface area contributed by atoms with Crippen LogP contribution in [0.4, 0.5) is 0 Å². The molecule has 0 radical (unpaired) electrons. The molecule has 0 fully saturated rings. The number of hydrogen-bond acceptors (Lipinski definition) is 4. The first-order chi connectivity index (χ1) is 6.94. The van der Waals surface area contributed by atoms with Gasteiger partial charge in [-0.2, -0.15) is 0 Å². The Morgan fingerprint density at radius 3 is 2.80 bits per heavy atom. The summed E-state index contributed by atoms with van der Waals surface area (Å²) in [5, 5.41) is 10.5. The molecule has 0 saturated heterocycles. The van der Waals surface area contributed by atoms with Crippen molar-refractivity contribution in [1.82, 2.24) is 4.98 Å². The molecule has 1 N–H and O–H groups in total. The maximum atomic E-state index is 9.83. The minimum atomic E-state index is -0.545. The van der Waals surface area contributed by atoms with Crippen LogP contribution in [0, 0.1) is 0 Å². The third-order valence-corrected chi connectivity index (χ3v) is 3.57. The lowest BCUT2D eigenvalue weighted by molar-refractivity contribution is 0.00277. The number of aromatic nitrogens is 1. The molecule has 0 bridgehead atoms. The summed E-state index contributed by atoms with van der Waals surface area (Å²) in [4.78, 5) is 4.04. The van der Waals surface area contributed by atoms with Crippen LogP contribution in [0.25, 0.3) is 0 Å². The van der Waals surface area contributed by atoms with Crippen LogP contribution in [-0.4, -0.2) is 22.8 Å². The molecule has 0 spiro atoms. The van der Waals surface area contributed by atoms with Gasteiger partial charge in [-0.15, -0.1) is 11.3 Å². The minimum Gasteiger partial charge on any atom is -0.386 e. The fourth-order valence-corrected chi connectivity index (χ4v) is 2.08. The molecule has 0 aliphatic rings. The summed E-state index contributed by atoms with van der Waals surface area (Å²) in [5.74, 6) is 0. The smallest absolute Gasteiger partial charge is 0.123 e. The summed E-state index contributed by atoms with van der Waals surface area (Å²) in [7, 11) is 1.67. The van der Waals surface area contributed by atoms with Gasteiger partial charge in [-0.3, -0.25) is 0 Å². The highest BCUT2D eigenvalue weighted by Crippen LogP contribution is 2.28. The van der Waals surface area contributed by atoms with E-state index in [1.807, 2.05) is 13.8 Å². The molecule has 0 aromatic carbocycles. The quantitative estimate of drug-likeness (QED) is 0.872. The monoisotopic (exact) mass is 249 g/mol. The van der Waals surface area contributed by atoms with Gasteiger partial charge in [0.2, 0.25) is 0 Å². The lowest BCUT2D eigenvalue weighted by atomic mass is 10.0. The standard InChI is InChI=1S/C10H16ClNO2S/c1-10(2,14-3)5-4-7(13)9-12-6-8(11)15-9/h6-7,13H,4-5H2,1-3H3. The van der Waals surface area contributed by atoms with Crippen molar-refractivity contribution >= 4 is 22.9 Å². The summed E-state index contributed by atoms with van der Waals surface area (Å²) in [6, 6.07) is 0. The molecule has 3 nitrogen and oxygen atoms in total. The Kier molecular flexibility index (Phi) is 4.52. The molecule has 86 valence electrons. The van der Waals surface area contributed by atoms with Gasteiger partial charge in [0, 0.05) is 7.11 Å². The molecule has 5 heteroatoms. The predicted molar refractivity (Wildman–Crippen MR) is 62.4 cm³/mol. The molecule has 1 rings (SSSR count). The second kappa shape index (κ2) is 5.25. The number of methoxy groups -OCH3 is 1. The maximum absolute atomic E-state index is 9.83. The summed E-state index contributed by atoms with van der Waals surface area (Å²) in [6.07, 6.45) is 2.43. The maximum Gasteiger partial charge on any atom is 0.123 e. The third-order valence-electron chi connectivity index (χ3n) is 2.35. The highest BCUT2D eigenvalue weighted by atomic mass is 35.5. The van der Waals surface area contributed by atoms with Crippen LogP contribution in [-0.2, 0) is 4.74 Å².